The van der Waals surface area contributed by atoms with Crippen LogP contribution in [0.2, 0.25) is 0 Å². The van der Waals surface area contributed by atoms with Crippen LogP contribution >= 0.6 is 27.7 Å². The molecule has 1 atom stereocenters. The number of hydrogen-bond donors (Lipinski definition) is 0. The van der Waals surface area contributed by atoms with E-state index >= 15 is 0 Å². The number of alkyl halides is 1. The van der Waals surface area contributed by atoms with Gasteiger partial charge < -0.3 is 4.74 Å². The Balaban J connectivity index is 2.20. The third-order valence-corrected chi connectivity index (χ3v) is 4.26. The van der Waals surface area contributed by atoms with E-state index in [2.05, 4.69) is 15.9 Å². The quantitative estimate of drug-likeness (QED) is 0.527. The molecule has 1 aliphatic rings. The highest BCUT2D eigenvalue weighted by molar-refractivity contribution is 9.09. The highest BCUT2D eigenvalue weighted by atomic mass is 79.9. The van der Waals surface area contributed by atoms with E-state index in [4.69, 9.17) is 4.74 Å². The molecule has 1 unspecified atom stereocenters. The van der Waals surface area contributed by atoms with Gasteiger partial charge in [0.2, 0.25) is 5.12 Å². The maximum atomic E-state index is 11.4. The van der Waals surface area contributed by atoms with Crippen LogP contribution in [0, 0.1) is 0 Å². The van der Waals surface area contributed by atoms with Crippen molar-refractivity contribution in [3.8, 4) is 0 Å². The summed E-state index contributed by atoms with van der Waals surface area (Å²) in [6.45, 7) is 4.63. The van der Waals surface area contributed by atoms with E-state index in [1.165, 1.54) is 31.0 Å². The standard InChI is InChI=1S/C12H19BrO2S/c1-9-11(10(2)16-12(9)14)15-8-6-4-3-5-7-13/h10H,3-8H2,1-2H3. The lowest BCUT2D eigenvalue weighted by atomic mass is 10.2. The fourth-order valence-corrected chi connectivity index (χ4v) is 3.01. The molecular weight excluding hydrogens is 288 g/mol. The Kier molecular flexibility index (Phi) is 6.51. The molecule has 0 aromatic heterocycles. The molecule has 0 N–H and O–H groups in total. The Hall–Kier alpha value is 0.0400. The van der Waals surface area contributed by atoms with E-state index in [0.29, 0.717) is 0 Å². The Morgan fingerprint density at radius 1 is 1.31 bits per heavy atom. The summed E-state index contributed by atoms with van der Waals surface area (Å²) in [6, 6.07) is 0. The first-order valence-corrected chi connectivity index (χ1v) is 7.77. The monoisotopic (exact) mass is 306 g/mol. The summed E-state index contributed by atoms with van der Waals surface area (Å²) in [5.41, 5.74) is 0.804. The van der Waals surface area contributed by atoms with Crippen LogP contribution < -0.4 is 0 Å². The topological polar surface area (TPSA) is 26.3 Å². The van der Waals surface area contributed by atoms with E-state index in [-0.39, 0.29) is 10.4 Å². The molecule has 0 fully saturated rings. The fourth-order valence-electron chi connectivity index (χ4n) is 1.67. The van der Waals surface area contributed by atoms with Crippen molar-refractivity contribution in [1.29, 1.82) is 0 Å². The molecule has 16 heavy (non-hydrogen) atoms. The second kappa shape index (κ2) is 7.38. The largest absolute Gasteiger partial charge is 0.496 e. The lowest BCUT2D eigenvalue weighted by Gasteiger charge is -2.11. The van der Waals surface area contributed by atoms with Gasteiger partial charge in [-0.1, -0.05) is 40.5 Å². The maximum absolute atomic E-state index is 11.4. The Morgan fingerprint density at radius 2 is 2.00 bits per heavy atom. The first kappa shape index (κ1) is 14.1. The molecule has 0 radical (unpaired) electrons. The second-order valence-corrected chi connectivity index (χ2v) is 6.10. The zero-order chi connectivity index (χ0) is 12.0. The third-order valence-electron chi connectivity index (χ3n) is 2.61. The number of thioether (sulfide) groups is 1. The molecule has 0 aliphatic carbocycles. The van der Waals surface area contributed by atoms with Gasteiger partial charge in [0.25, 0.3) is 0 Å². The van der Waals surface area contributed by atoms with Gasteiger partial charge >= 0.3 is 0 Å². The number of carbonyl (C=O) groups is 1. The first-order chi connectivity index (χ1) is 7.66. The summed E-state index contributed by atoms with van der Waals surface area (Å²) in [6.07, 6.45) is 4.76. The highest BCUT2D eigenvalue weighted by Gasteiger charge is 2.28. The van der Waals surface area contributed by atoms with Gasteiger partial charge in [0.1, 0.15) is 5.76 Å². The van der Waals surface area contributed by atoms with Crippen molar-refractivity contribution < 1.29 is 9.53 Å². The molecular formula is C12H19BrO2S. The lowest BCUT2D eigenvalue weighted by molar-refractivity contribution is -0.107. The van der Waals surface area contributed by atoms with Gasteiger partial charge in [-0.15, -0.1) is 0 Å². The van der Waals surface area contributed by atoms with E-state index in [1.54, 1.807) is 0 Å². The van der Waals surface area contributed by atoms with Crippen LogP contribution in [0.3, 0.4) is 0 Å². The van der Waals surface area contributed by atoms with Crippen molar-refractivity contribution in [2.24, 2.45) is 0 Å². The smallest absolute Gasteiger partial charge is 0.219 e. The SMILES string of the molecule is CC1=C(OCCCCCCBr)C(C)SC1=O. The van der Waals surface area contributed by atoms with E-state index in [9.17, 15) is 4.79 Å². The zero-order valence-corrected chi connectivity index (χ0v) is 12.3. The number of carbonyl (C=O) groups excluding carboxylic acids is 1. The van der Waals surface area contributed by atoms with E-state index < -0.39 is 0 Å². The molecule has 92 valence electrons. The minimum Gasteiger partial charge on any atom is -0.496 e. The average Bonchev–Trinajstić information content (AvgIpc) is 2.49. The molecule has 1 rings (SSSR count). The van der Waals surface area contributed by atoms with Crippen LogP contribution in [-0.2, 0) is 9.53 Å². The fraction of sp³-hybridized carbons (Fsp3) is 0.750. The molecule has 0 saturated carbocycles. The van der Waals surface area contributed by atoms with Crippen molar-refractivity contribution in [1.82, 2.24) is 0 Å². The summed E-state index contributed by atoms with van der Waals surface area (Å²) in [5.74, 6) is 0.899. The predicted octanol–water partition coefficient (Wildman–Crippen LogP) is 3.89. The molecule has 0 bridgehead atoms. The molecule has 0 spiro atoms. The Bertz CT molecular complexity index is 276. The van der Waals surface area contributed by atoms with Crippen LogP contribution in [0.15, 0.2) is 11.3 Å². The van der Waals surface area contributed by atoms with Crippen LogP contribution in [0.25, 0.3) is 0 Å². The Labute approximate surface area is 110 Å². The number of ether oxygens (including phenoxy) is 1. The molecule has 0 saturated heterocycles. The van der Waals surface area contributed by atoms with Crippen LogP contribution in [0.4, 0.5) is 0 Å². The average molecular weight is 307 g/mol. The minimum absolute atomic E-state index is 0.168. The summed E-state index contributed by atoms with van der Waals surface area (Å²) < 4.78 is 5.70. The van der Waals surface area contributed by atoms with E-state index in [1.807, 2.05) is 13.8 Å². The third kappa shape index (κ3) is 4.13. The Morgan fingerprint density at radius 3 is 2.56 bits per heavy atom. The van der Waals surface area contributed by atoms with Crippen LogP contribution in [-0.4, -0.2) is 22.3 Å². The molecule has 2 nitrogen and oxygen atoms in total. The number of halogens is 1. The van der Waals surface area contributed by atoms with Crippen molar-refractivity contribution in [3.05, 3.63) is 11.3 Å². The van der Waals surface area contributed by atoms with Gasteiger partial charge in [0, 0.05) is 10.9 Å². The number of unbranched alkanes of at least 4 members (excludes halogenated alkanes) is 3. The number of hydrogen-bond acceptors (Lipinski definition) is 3. The minimum atomic E-state index is 0.168. The van der Waals surface area contributed by atoms with Gasteiger partial charge in [-0.2, -0.15) is 0 Å². The van der Waals surface area contributed by atoms with Crippen molar-refractivity contribution in [3.63, 3.8) is 0 Å². The van der Waals surface area contributed by atoms with Gasteiger partial charge in [-0.3, -0.25) is 4.79 Å². The van der Waals surface area contributed by atoms with Crippen molar-refractivity contribution in [2.75, 3.05) is 11.9 Å². The summed E-state index contributed by atoms with van der Waals surface area (Å²) in [7, 11) is 0. The predicted molar refractivity (Wildman–Crippen MR) is 73.0 cm³/mol. The van der Waals surface area contributed by atoms with Crippen molar-refractivity contribution in [2.45, 2.75) is 44.8 Å². The van der Waals surface area contributed by atoms with Crippen LogP contribution in [0.5, 0.6) is 0 Å². The molecule has 0 amide bonds. The second-order valence-electron chi connectivity index (χ2n) is 3.99. The molecule has 4 heteroatoms. The van der Waals surface area contributed by atoms with Gasteiger partial charge in [0.05, 0.1) is 11.9 Å². The maximum Gasteiger partial charge on any atom is 0.219 e. The first-order valence-electron chi connectivity index (χ1n) is 5.77. The summed E-state index contributed by atoms with van der Waals surface area (Å²) >= 11 is 4.78. The number of rotatable bonds is 7. The molecule has 1 heterocycles. The van der Waals surface area contributed by atoms with E-state index in [0.717, 1.165) is 29.7 Å². The lowest BCUT2D eigenvalue weighted by Crippen LogP contribution is -2.03. The normalized spacial score (nSPS) is 20.7. The van der Waals surface area contributed by atoms with Gasteiger partial charge in [-0.05, 0) is 26.7 Å². The van der Waals surface area contributed by atoms with Gasteiger partial charge in [0.15, 0.2) is 0 Å². The van der Waals surface area contributed by atoms with Crippen LogP contribution in [0.1, 0.15) is 39.5 Å². The zero-order valence-electron chi connectivity index (χ0n) is 9.92. The molecule has 0 aromatic carbocycles. The molecule has 0 aromatic rings. The summed E-state index contributed by atoms with van der Waals surface area (Å²) in [5, 5.41) is 1.46. The molecule has 1 aliphatic heterocycles. The summed E-state index contributed by atoms with van der Waals surface area (Å²) in [4.78, 5) is 11.4. The van der Waals surface area contributed by atoms with Gasteiger partial charge in [-0.25, -0.2) is 0 Å². The highest BCUT2D eigenvalue weighted by Crippen LogP contribution is 2.33. The van der Waals surface area contributed by atoms with Crippen molar-refractivity contribution >= 4 is 32.8 Å².